The highest BCUT2D eigenvalue weighted by atomic mass is 32.1. The van der Waals surface area contributed by atoms with E-state index >= 15 is 0 Å². The number of carboxylic acid groups (broad SMARTS) is 1. The quantitative estimate of drug-likeness (QED) is 0.345. The van der Waals surface area contributed by atoms with Gasteiger partial charge in [0.05, 0.1) is 5.69 Å². The number of thiophene rings is 1. The molecule has 5 N–H and O–H groups in total. The van der Waals surface area contributed by atoms with Gasteiger partial charge >= 0.3 is 5.97 Å². The van der Waals surface area contributed by atoms with Crippen LogP contribution in [-0.4, -0.2) is 59.6 Å². The topological polar surface area (TPSA) is 121 Å². The van der Waals surface area contributed by atoms with Gasteiger partial charge in [-0.2, -0.15) is 0 Å². The van der Waals surface area contributed by atoms with Gasteiger partial charge in [0.25, 0.3) is 0 Å². The third-order valence-electron chi connectivity index (χ3n) is 6.13. The summed E-state index contributed by atoms with van der Waals surface area (Å²) in [6, 6.07) is 11.9. The molecule has 3 heterocycles. The first-order chi connectivity index (χ1) is 16.5. The number of nitrogens with zero attached hydrogens (tertiary/aromatic N) is 2. The summed E-state index contributed by atoms with van der Waals surface area (Å²) in [5, 5.41) is 24.0. The molecule has 0 spiro atoms. The number of benzene rings is 1. The molecule has 3 aromatic rings. The fourth-order valence-electron chi connectivity index (χ4n) is 4.36. The van der Waals surface area contributed by atoms with Crippen molar-refractivity contribution in [3.63, 3.8) is 0 Å². The lowest BCUT2D eigenvalue weighted by Gasteiger charge is -2.34. The molecule has 34 heavy (non-hydrogen) atoms. The highest BCUT2D eigenvalue weighted by molar-refractivity contribution is 7.21. The average molecular weight is 485 g/mol. The van der Waals surface area contributed by atoms with Gasteiger partial charge in [-0.25, -0.2) is 9.78 Å². The van der Waals surface area contributed by atoms with Gasteiger partial charge in [0.2, 0.25) is 0 Å². The molecule has 0 amide bonds. The van der Waals surface area contributed by atoms with Gasteiger partial charge in [0.15, 0.2) is 0 Å². The van der Waals surface area contributed by atoms with Crippen LogP contribution >= 0.6 is 11.3 Å². The Morgan fingerprint density at radius 1 is 1.32 bits per heavy atom. The Labute approximate surface area is 203 Å². The lowest BCUT2D eigenvalue weighted by Crippen LogP contribution is -2.45. The summed E-state index contributed by atoms with van der Waals surface area (Å²) in [6.07, 6.45) is 3.06. The van der Waals surface area contributed by atoms with E-state index in [0.717, 1.165) is 72.6 Å². The van der Waals surface area contributed by atoms with Crippen LogP contribution in [0.1, 0.15) is 41.4 Å². The Kier molecular flexibility index (Phi) is 7.87. The van der Waals surface area contributed by atoms with E-state index in [2.05, 4.69) is 23.2 Å². The number of ether oxygens (including phenoxy) is 1. The molecule has 9 heteroatoms. The molecule has 182 valence electrons. The minimum absolute atomic E-state index is 0.162. The molecule has 4 rings (SSSR count). The van der Waals surface area contributed by atoms with Crippen LogP contribution in [0.5, 0.6) is 5.75 Å². The fourth-order valence-corrected chi connectivity index (χ4v) is 5.33. The lowest BCUT2D eigenvalue weighted by atomic mass is 10.0. The van der Waals surface area contributed by atoms with Crippen LogP contribution in [0.25, 0.3) is 10.2 Å². The predicted octanol–water partition coefficient (Wildman–Crippen LogP) is 3.53. The van der Waals surface area contributed by atoms with E-state index in [1.54, 1.807) is 0 Å². The number of piperidine rings is 1. The van der Waals surface area contributed by atoms with Crippen LogP contribution in [0.3, 0.4) is 0 Å². The Hall–Kier alpha value is -2.88. The summed E-state index contributed by atoms with van der Waals surface area (Å²) in [5.41, 5.74) is 7.56. The number of aromatic carboxylic acids is 1. The Balaban J connectivity index is 1.34. The number of aliphatic hydroxyl groups is 1. The molecule has 0 radical (unpaired) electrons. The predicted molar refractivity (Wildman–Crippen MR) is 136 cm³/mol. The third-order valence-corrected chi connectivity index (χ3v) is 7.21. The van der Waals surface area contributed by atoms with Crippen LogP contribution in [0.15, 0.2) is 36.4 Å². The molecule has 0 saturated carbocycles. The zero-order chi connectivity index (χ0) is 24.1. The number of hydrogen-bond acceptors (Lipinski definition) is 8. The Morgan fingerprint density at radius 3 is 2.74 bits per heavy atom. The van der Waals surface area contributed by atoms with E-state index in [4.69, 9.17) is 15.5 Å². The summed E-state index contributed by atoms with van der Waals surface area (Å²) in [6.45, 7) is 4.51. The third kappa shape index (κ3) is 5.60. The fraction of sp³-hybridized carbons (Fsp3) is 0.440. The maximum absolute atomic E-state index is 11.6. The maximum atomic E-state index is 11.6. The van der Waals surface area contributed by atoms with E-state index in [-0.39, 0.29) is 11.5 Å². The number of aryl methyl sites for hydroxylation is 1. The molecule has 1 atom stereocenters. The summed E-state index contributed by atoms with van der Waals surface area (Å²) in [7, 11) is 0. The van der Waals surface area contributed by atoms with Crippen molar-refractivity contribution >= 4 is 39.0 Å². The minimum atomic E-state index is -1.01. The van der Waals surface area contributed by atoms with Crippen molar-refractivity contribution in [1.82, 2.24) is 10.3 Å². The molecule has 2 aromatic heterocycles. The number of aromatic nitrogens is 1. The second-order valence-electron chi connectivity index (χ2n) is 8.67. The monoisotopic (exact) mass is 484 g/mol. The highest BCUT2D eigenvalue weighted by Crippen LogP contribution is 2.37. The van der Waals surface area contributed by atoms with Gasteiger partial charge in [-0.3, -0.25) is 0 Å². The van der Waals surface area contributed by atoms with Crippen molar-refractivity contribution < 1.29 is 19.7 Å². The summed E-state index contributed by atoms with van der Waals surface area (Å²) < 4.78 is 5.62. The average Bonchev–Trinajstić information content (AvgIpc) is 3.19. The van der Waals surface area contributed by atoms with Gasteiger partial charge in [-0.1, -0.05) is 31.5 Å². The minimum Gasteiger partial charge on any atom is -0.491 e. The van der Waals surface area contributed by atoms with Gasteiger partial charge < -0.3 is 30.9 Å². The number of carboxylic acids is 1. The van der Waals surface area contributed by atoms with Crippen LogP contribution in [0.2, 0.25) is 0 Å². The number of hydrogen-bond donors (Lipinski definition) is 4. The smallest absolute Gasteiger partial charge is 0.348 e. The molecule has 0 unspecified atom stereocenters. The van der Waals surface area contributed by atoms with E-state index in [0.29, 0.717) is 23.1 Å². The molecule has 1 saturated heterocycles. The number of nitrogens with two attached hydrogens (primary N) is 1. The highest BCUT2D eigenvalue weighted by Gasteiger charge is 2.24. The molecule has 1 aromatic carbocycles. The maximum Gasteiger partial charge on any atom is 0.348 e. The summed E-state index contributed by atoms with van der Waals surface area (Å²) in [5.74, 6) is 0.626. The molecule has 1 aliphatic heterocycles. The number of nitrogen functional groups attached to an aromatic ring is 1. The number of aliphatic hydroxyl groups excluding tert-OH is 1. The zero-order valence-corrected chi connectivity index (χ0v) is 20.2. The summed E-state index contributed by atoms with van der Waals surface area (Å²) >= 11 is 1.15. The largest absolute Gasteiger partial charge is 0.491 e. The first kappa shape index (κ1) is 24.3. The first-order valence-electron chi connectivity index (χ1n) is 11.8. The SMILES string of the molecule is CCCc1cc(N2CCC(NC[C@@H](O)COc3ccccc3)CC2)nc2sc(C(=O)O)c(N)c12. The number of rotatable bonds is 10. The van der Waals surface area contributed by atoms with Gasteiger partial charge in [0.1, 0.15) is 34.0 Å². The van der Waals surface area contributed by atoms with Crippen LogP contribution in [0.4, 0.5) is 11.5 Å². The van der Waals surface area contributed by atoms with Crippen molar-refractivity contribution in [1.29, 1.82) is 0 Å². The van der Waals surface area contributed by atoms with Crippen LogP contribution < -0.4 is 20.7 Å². The van der Waals surface area contributed by atoms with Crippen LogP contribution in [0, 0.1) is 0 Å². The van der Waals surface area contributed by atoms with E-state index in [9.17, 15) is 15.0 Å². The second kappa shape index (κ2) is 11.0. The molecule has 8 nitrogen and oxygen atoms in total. The number of anilines is 2. The van der Waals surface area contributed by atoms with Gasteiger partial charge in [-0.15, -0.1) is 11.3 Å². The molecule has 1 aliphatic rings. The van der Waals surface area contributed by atoms with E-state index in [1.807, 2.05) is 30.3 Å². The van der Waals surface area contributed by atoms with Gasteiger partial charge in [0, 0.05) is 31.1 Å². The standard InChI is InChI=1S/C25H32N4O4S/c1-2-6-16-13-20(28-24-21(16)22(26)23(34-24)25(31)32)29-11-9-17(10-12-29)27-14-18(30)15-33-19-7-4-3-5-8-19/h3-5,7-8,13,17-18,27,30H,2,6,9-12,14-15,26H2,1H3,(H,31,32)/t18-/m1/s1. The number of pyridine rings is 1. The number of para-hydroxylation sites is 1. The molecular formula is C25H32N4O4S. The van der Waals surface area contributed by atoms with Crippen molar-refractivity contribution in [2.24, 2.45) is 0 Å². The molecule has 0 bridgehead atoms. The number of fused-ring (bicyclic) bond motifs is 1. The normalized spacial score (nSPS) is 15.5. The van der Waals surface area contributed by atoms with E-state index in [1.165, 1.54) is 0 Å². The lowest BCUT2D eigenvalue weighted by molar-refractivity contribution is 0.0703. The summed E-state index contributed by atoms with van der Waals surface area (Å²) in [4.78, 5) is 19.5. The number of nitrogens with one attached hydrogen (secondary N) is 1. The Bertz CT molecular complexity index is 1110. The second-order valence-corrected chi connectivity index (χ2v) is 9.67. The van der Waals surface area contributed by atoms with Crippen LogP contribution in [-0.2, 0) is 6.42 Å². The van der Waals surface area contributed by atoms with Crippen molar-refractivity contribution in [3.8, 4) is 5.75 Å². The van der Waals surface area contributed by atoms with Crippen molar-refractivity contribution in [3.05, 3.63) is 46.8 Å². The van der Waals surface area contributed by atoms with Gasteiger partial charge in [-0.05, 0) is 43.0 Å². The molecule has 0 aliphatic carbocycles. The molecule has 1 fully saturated rings. The number of carbonyl (C=O) groups is 1. The van der Waals surface area contributed by atoms with Crippen molar-refractivity contribution in [2.45, 2.75) is 44.8 Å². The molecular weight excluding hydrogens is 452 g/mol. The zero-order valence-electron chi connectivity index (χ0n) is 19.4. The first-order valence-corrected chi connectivity index (χ1v) is 12.6. The van der Waals surface area contributed by atoms with Crippen molar-refractivity contribution in [2.75, 3.05) is 36.9 Å². The van der Waals surface area contributed by atoms with E-state index < -0.39 is 12.1 Å². The Morgan fingerprint density at radius 2 is 2.06 bits per heavy atom.